The Labute approximate surface area is 152 Å². The largest absolute Gasteiger partial charge is 0.497 e. The first-order valence-corrected chi connectivity index (χ1v) is 8.09. The van der Waals surface area contributed by atoms with Crippen LogP contribution in [0.3, 0.4) is 0 Å². The number of ketones is 1. The summed E-state index contributed by atoms with van der Waals surface area (Å²) in [6.07, 6.45) is 1.56. The third-order valence-corrected chi connectivity index (χ3v) is 3.99. The topological polar surface area (TPSA) is 63.2 Å². The smallest absolute Gasteiger partial charge is 0.207 e. The molecule has 0 aliphatic carbocycles. The van der Waals surface area contributed by atoms with Crippen molar-refractivity contribution in [2.45, 2.75) is 6.92 Å². The van der Waals surface area contributed by atoms with Crippen LogP contribution in [0.4, 0.5) is 0 Å². The van der Waals surface area contributed by atoms with Crippen LogP contribution in [0.1, 0.15) is 21.7 Å². The predicted molar refractivity (Wildman–Crippen MR) is 99.8 cm³/mol. The average molecular weight is 343 g/mol. The summed E-state index contributed by atoms with van der Waals surface area (Å²) in [6.45, 7) is 1.72. The standard InChI is InChI=1S/C22H17NO3/c1-15-20(13-21(26-15)17-8-4-3-5-9-17)22(24)18(14-23)11-16-7-6-10-19(12-16)25-2/h3-13H,1-2H3/b18-11-. The first-order valence-electron chi connectivity index (χ1n) is 8.09. The molecule has 0 aliphatic heterocycles. The highest BCUT2D eigenvalue weighted by atomic mass is 16.5. The molecule has 0 unspecified atom stereocenters. The van der Waals surface area contributed by atoms with Crippen LogP contribution in [0.25, 0.3) is 17.4 Å². The Morgan fingerprint density at radius 3 is 2.58 bits per heavy atom. The fourth-order valence-electron chi connectivity index (χ4n) is 2.64. The summed E-state index contributed by atoms with van der Waals surface area (Å²) in [5.74, 6) is 1.39. The van der Waals surface area contributed by atoms with Gasteiger partial charge in [0.05, 0.1) is 12.7 Å². The lowest BCUT2D eigenvalue weighted by atomic mass is 10.0. The maximum absolute atomic E-state index is 12.8. The SMILES string of the molecule is COc1cccc(/C=C(/C#N)C(=O)c2cc(-c3ccccc3)oc2C)c1. The Kier molecular flexibility index (Phi) is 5.00. The van der Waals surface area contributed by atoms with E-state index >= 15 is 0 Å². The van der Waals surface area contributed by atoms with Gasteiger partial charge in [-0.25, -0.2) is 0 Å². The molecule has 0 radical (unpaired) electrons. The summed E-state index contributed by atoms with van der Waals surface area (Å²) >= 11 is 0. The summed E-state index contributed by atoms with van der Waals surface area (Å²) in [7, 11) is 1.57. The molecule has 0 N–H and O–H groups in total. The number of ether oxygens (including phenoxy) is 1. The number of Topliss-reactive ketones (excluding diaryl/α,β-unsaturated/α-hetero) is 1. The number of nitrogens with zero attached hydrogens (tertiary/aromatic N) is 1. The van der Waals surface area contributed by atoms with Crippen molar-refractivity contribution in [3.8, 4) is 23.1 Å². The molecule has 1 aromatic heterocycles. The van der Waals surface area contributed by atoms with E-state index in [2.05, 4.69) is 0 Å². The van der Waals surface area contributed by atoms with Crippen LogP contribution in [0.5, 0.6) is 5.75 Å². The fourth-order valence-corrected chi connectivity index (χ4v) is 2.64. The van der Waals surface area contributed by atoms with Gasteiger partial charge in [-0.1, -0.05) is 42.5 Å². The van der Waals surface area contributed by atoms with E-state index < -0.39 is 0 Å². The number of hydrogen-bond acceptors (Lipinski definition) is 4. The molecule has 0 amide bonds. The van der Waals surface area contributed by atoms with Crippen molar-refractivity contribution < 1.29 is 13.9 Å². The quantitative estimate of drug-likeness (QED) is 0.369. The number of benzene rings is 2. The fraction of sp³-hybridized carbons (Fsp3) is 0.0909. The molecule has 4 heteroatoms. The number of rotatable bonds is 5. The van der Waals surface area contributed by atoms with Crippen LogP contribution in [-0.4, -0.2) is 12.9 Å². The first kappa shape index (κ1) is 17.2. The molecule has 2 aromatic carbocycles. The maximum Gasteiger partial charge on any atom is 0.207 e. The predicted octanol–water partition coefficient (Wildman–Crippen LogP) is 5.05. The molecule has 0 aliphatic rings. The van der Waals surface area contributed by atoms with Crippen molar-refractivity contribution in [1.29, 1.82) is 5.26 Å². The Bertz CT molecular complexity index is 1010. The van der Waals surface area contributed by atoms with Gasteiger partial charge in [0.2, 0.25) is 5.78 Å². The number of allylic oxidation sites excluding steroid dienone is 1. The van der Waals surface area contributed by atoms with Crippen LogP contribution in [0.2, 0.25) is 0 Å². The Balaban J connectivity index is 1.96. The van der Waals surface area contributed by atoms with Crippen molar-refractivity contribution >= 4 is 11.9 Å². The van der Waals surface area contributed by atoms with E-state index in [1.807, 2.05) is 42.5 Å². The van der Waals surface area contributed by atoms with E-state index in [9.17, 15) is 10.1 Å². The molecule has 0 spiro atoms. The molecule has 0 saturated heterocycles. The number of hydrogen-bond donors (Lipinski definition) is 0. The Morgan fingerprint density at radius 1 is 1.12 bits per heavy atom. The van der Waals surface area contributed by atoms with Gasteiger partial charge in [0.25, 0.3) is 0 Å². The lowest BCUT2D eigenvalue weighted by Crippen LogP contribution is -2.02. The van der Waals surface area contributed by atoms with E-state index in [1.165, 1.54) is 0 Å². The van der Waals surface area contributed by atoms with Crippen LogP contribution < -0.4 is 4.74 Å². The maximum atomic E-state index is 12.8. The summed E-state index contributed by atoms with van der Waals surface area (Å²) in [6, 6.07) is 20.4. The minimum atomic E-state index is -0.362. The van der Waals surface area contributed by atoms with Gasteiger partial charge in [-0.2, -0.15) is 5.26 Å². The molecule has 26 heavy (non-hydrogen) atoms. The van der Waals surface area contributed by atoms with E-state index in [4.69, 9.17) is 9.15 Å². The second-order valence-electron chi connectivity index (χ2n) is 5.72. The zero-order valence-corrected chi connectivity index (χ0v) is 14.5. The highest BCUT2D eigenvalue weighted by Crippen LogP contribution is 2.27. The third-order valence-electron chi connectivity index (χ3n) is 3.99. The number of carbonyl (C=O) groups is 1. The van der Waals surface area contributed by atoms with E-state index in [-0.39, 0.29) is 11.4 Å². The van der Waals surface area contributed by atoms with Crippen LogP contribution >= 0.6 is 0 Å². The van der Waals surface area contributed by atoms with Gasteiger partial charge in [0.1, 0.15) is 28.9 Å². The molecule has 3 aromatic rings. The van der Waals surface area contributed by atoms with Crippen molar-refractivity contribution in [1.82, 2.24) is 0 Å². The number of nitriles is 1. The zero-order chi connectivity index (χ0) is 18.5. The van der Waals surface area contributed by atoms with E-state index in [0.717, 1.165) is 11.1 Å². The molecule has 0 atom stereocenters. The van der Waals surface area contributed by atoms with Gasteiger partial charge in [0.15, 0.2) is 0 Å². The molecular formula is C22H17NO3. The average Bonchev–Trinajstić information content (AvgIpc) is 3.08. The van der Waals surface area contributed by atoms with Gasteiger partial charge >= 0.3 is 0 Å². The molecule has 0 bridgehead atoms. The molecule has 1 heterocycles. The molecule has 3 rings (SSSR count). The zero-order valence-electron chi connectivity index (χ0n) is 14.5. The van der Waals surface area contributed by atoms with Gasteiger partial charge in [0, 0.05) is 5.56 Å². The van der Waals surface area contributed by atoms with Gasteiger partial charge in [-0.3, -0.25) is 4.79 Å². The summed E-state index contributed by atoms with van der Waals surface area (Å²) in [5, 5.41) is 9.46. The van der Waals surface area contributed by atoms with Crippen molar-refractivity contribution in [3.63, 3.8) is 0 Å². The van der Waals surface area contributed by atoms with Gasteiger partial charge < -0.3 is 9.15 Å². The normalized spacial score (nSPS) is 11.0. The summed E-state index contributed by atoms with van der Waals surface area (Å²) in [4.78, 5) is 12.8. The summed E-state index contributed by atoms with van der Waals surface area (Å²) in [5.41, 5.74) is 2.03. The first-order chi connectivity index (χ1) is 12.6. The molecule has 4 nitrogen and oxygen atoms in total. The van der Waals surface area contributed by atoms with E-state index in [1.54, 1.807) is 44.4 Å². The summed E-state index contributed by atoms with van der Waals surface area (Å²) < 4.78 is 10.9. The molecular weight excluding hydrogens is 326 g/mol. The van der Waals surface area contributed by atoms with Crippen molar-refractivity contribution in [2.24, 2.45) is 0 Å². The monoisotopic (exact) mass is 343 g/mol. The Hall–Kier alpha value is -3.58. The van der Waals surface area contributed by atoms with Crippen LogP contribution in [-0.2, 0) is 0 Å². The molecule has 128 valence electrons. The second kappa shape index (κ2) is 7.54. The number of furan rings is 1. The second-order valence-corrected chi connectivity index (χ2v) is 5.72. The number of aryl methyl sites for hydroxylation is 1. The van der Waals surface area contributed by atoms with Gasteiger partial charge in [-0.05, 0) is 36.8 Å². The molecule has 0 saturated carbocycles. The lowest BCUT2D eigenvalue weighted by Gasteiger charge is -2.01. The van der Waals surface area contributed by atoms with Gasteiger partial charge in [-0.15, -0.1) is 0 Å². The third kappa shape index (κ3) is 3.57. The van der Waals surface area contributed by atoms with Crippen molar-refractivity contribution in [2.75, 3.05) is 7.11 Å². The van der Waals surface area contributed by atoms with Crippen LogP contribution in [0.15, 0.2) is 70.7 Å². The Morgan fingerprint density at radius 2 is 1.88 bits per heavy atom. The number of methoxy groups -OCH3 is 1. The number of carbonyl (C=O) groups excluding carboxylic acids is 1. The minimum Gasteiger partial charge on any atom is -0.497 e. The highest BCUT2D eigenvalue weighted by Gasteiger charge is 2.19. The lowest BCUT2D eigenvalue weighted by molar-refractivity contribution is 0.103. The highest BCUT2D eigenvalue weighted by molar-refractivity contribution is 6.15. The van der Waals surface area contributed by atoms with E-state index in [0.29, 0.717) is 22.8 Å². The van der Waals surface area contributed by atoms with Crippen LogP contribution in [0, 0.1) is 18.3 Å². The molecule has 0 fully saturated rings. The minimum absolute atomic E-state index is 0.0433. The van der Waals surface area contributed by atoms with Crippen molar-refractivity contribution in [3.05, 3.63) is 83.1 Å².